The average Bonchev–Trinajstić information content (AvgIpc) is 3.59. The van der Waals surface area contributed by atoms with E-state index < -0.39 is 11.8 Å². The summed E-state index contributed by atoms with van der Waals surface area (Å²) in [5.74, 6) is 0.340. The Hall–Kier alpha value is -2.41. The van der Waals surface area contributed by atoms with E-state index in [1.165, 1.54) is 29.8 Å². The minimum Gasteiger partial charge on any atom is -0.376 e. The Kier molecular flexibility index (Phi) is 5.81. The fraction of sp³-hybridized carbons (Fsp3) is 0.500. The summed E-state index contributed by atoms with van der Waals surface area (Å²) in [4.78, 5) is 19.3. The number of benzene rings is 1. The Morgan fingerprint density at radius 2 is 1.45 bits per heavy atom. The lowest BCUT2D eigenvalue weighted by molar-refractivity contribution is -0.258. The predicted molar refractivity (Wildman–Crippen MR) is 110 cm³/mol. The van der Waals surface area contributed by atoms with Crippen molar-refractivity contribution >= 4 is 5.91 Å². The van der Waals surface area contributed by atoms with Crippen molar-refractivity contribution in [1.29, 1.82) is 0 Å². The molecule has 2 aromatic rings. The van der Waals surface area contributed by atoms with Crippen molar-refractivity contribution in [2.75, 3.05) is 0 Å². The van der Waals surface area contributed by atoms with Crippen LogP contribution in [-0.2, 0) is 5.60 Å². The monoisotopic (exact) mass is 432 g/mol. The van der Waals surface area contributed by atoms with Crippen LogP contribution in [0.2, 0.25) is 0 Å². The number of alkyl halides is 3. The van der Waals surface area contributed by atoms with Gasteiger partial charge in [-0.05, 0) is 86.8 Å². The molecule has 4 nitrogen and oxygen atoms in total. The van der Waals surface area contributed by atoms with E-state index in [2.05, 4.69) is 4.98 Å². The van der Waals surface area contributed by atoms with Gasteiger partial charge in [-0.3, -0.25) is 9.78 Å². The summed E-state index contributed by atoms with van der Waals surface area (Å²) in [7, 11) is 0. The van der Waals surface area contributed by atoms with Crippen LogP contribution in [-0.4, -0.2) is 39.2 Å². The quantitative estimate of drug-likeness (QED) is 0.708. The molecule has 1 atom stereocenters. The molecule has 1 amide bonds. The summed E-state index contributed by atoms with van der Waals surface area (Å²) in [6.45, 7) is 0.724. The molecule has 0 bridgehead atoms. The average molecular weight is 432 g/mol. The third-order valence-corrected chi connectivity index (χ3v) is 6.69. The molecule has 0 saturated heterocycles. The van der Waals surface area contributed by atoms with Gasteiger partial charge < -0.3 is 10.0 Å². The zero-order valence-electron chi connectivity index (χ0n) is 17.5. The van der Waals surface area contributed by atoms with Crippen molar-refractivity contribution in [3.8, 4) is 0 Å². The number of aliphatic hydroxyl groups is 1. The first kappa shape index (κ1) is 21.8. The molecule has 2 aliphatic rings. The van der Waals surface area contributed by atoms with Crippen LogP contribution in [0.1, 0.15) is 72.9 Å². The number of hydrogen-bond acceptors (Lipinski definition) is 3. The number of amides is 1. The highest BCUT2D eigenvalue weighted by Crippen LogP contribution is 2.40. The molecule has 1 aromatic heterocycles. The van der Waals surface area contributed by atoms with Crippen LogP contribution in [0.5, 0.6) is 0 Å². The molecule has 4 rings (SSSR count). The SMILES string of the molecule is C[C@](O)(c1ccc(C(=O)N(C2CC2)[C@H]2CC[C@@H](c3ccncc3)CC2)cc1)C(F)(F)F. The van der Waals surface area contributed by atoms with Gasteiger partial charge in [0.05, 0.1) is 0 Å². The zero-order valence-corrected chi connectivity index (χ0v) is 17.5. The first-order valence-corrected chi connectivity index (χ1v) is 10.8. The van der Waals surface area contributed by atoms with E-state index >= 15 is 0 Å². The van der Waals surface area contributed by atoms with E-state index in [0.29, 0.717) is 11.5 Å². The molecular weight excluding hydrogens is 405 g/mol. The van der Waals surface area contributed by atoms with E-state index in [9.17, 15) is 23.1 Å². The van der Waals surface area contributed by atoms with Gasteiger partial charge in [0.25, 0.3) is 5.91 Å². The number of carbonyl (C=O) groups is 1. The molecule has 1 N–H and O–H groups in total. The van der Waals surface area contributed by atoms with Gasteiger partial charge in [-0.15, -0.1) is 0 Å². The summed E-state index contributed by atoms with van der Waals surface area (Å²) in [5.41, 5.74) is -1.57. The van der Waals surface area contributed by atoms with Gasteiger partial charge in [0, 0.05) is 30.0 Å². The normalized spacial score (nSPS) is 23.8. The summed E-state index contributed by atoms with van der Waals surface area (Å²) in [6, 6.07) is 9.66. The lowest BCUT2D eigenvalue weighted by Crippen LogP contribution is -2.43. The molecule has 0 spiro atoms. The minimum absolute atomic E-state index is 0.131. The van der Waals surface area contributed by atoms with Gasteiger partial charge in [0.1, 0.15) is 0 Å². The second-order valence-electron chi connectivity index (χ2n) is 8.88. The van der Waals surface area contributed by atoms with Crippen molar-refractivity contribution in [2.45, 2.75) is 75.2 Å². The lowest BCUT2D eigenvalue weighted by atomic mass is 9.81. The minimum atomic E-state index is -4.79. The van der Waals surface area contributed by atoms with Crippen molar-refractivity contribution in [3.63, 3.8) is 0 Å². The molecule has 2 fully saturated rings. The topological polar surface area (TPSA) is 53.4 Å². The van der Waals surface area contributed by atoms with Gasteiger partial charge in [0.15, 0.2) is 5.60 Å². The molecule has 2 aliphatic carbocycles. The third kappa shape index (κ3) is 4.47. The molecule has 2 saturated carbocycles. The molecule has 0 radical (unpaired) electrons. The van der Waals surface area contributed by atoms with Crippen LogP contribution in [0.3, 0.4) is 0 Å². The molecule has 0 aliphatic heterocycles. The zero-order chi connectivity index (χ0) is 22.2. The molecule has 1 heterocycles. The van der Waals surface area contributed by atoms with Crippen LogP contribution < -0.4 is 0 Å². The second kappa shape index (κ2) is 8.26. The number of aromatic nitrogens is 1. The van der Waals surface area contributed by atoms with Gasteiger partial charge in [-0.25, -0.2) is 0 Å². The number of nitrogens with zero attached hydrogens (tertiary/aromatic N) is 2. The van der Waals surface area contributed by atoms with Crippen LogP contribution >= 0.6 is 0 Å². The number of hydrogen-bond donors (Lipinski definition) is 1. The highest BCUT2D eigenvalue weighted by molar-refractivity contribution is 5.95. The Bertz CT molecular complexity index is 901. The Morgan fingerprint density at radius 1 is 0.935 bits per heavy atom. The maximum Gasteiger partial charge on any atom is 0.421 e. The second-order valence-corrected chi connectivity index (χ2v) is 8.88. The van der Waals surface area contributed by atoms with E-state index in [4.69, 9.17) is 0 Å². The maximum atomic E-state index is 13.3. The number of rotatable bonds is 5. The summed E-state index contributed by atoms with van der Waals surface area (Å²) in [5, 5.41) is 9.86. The molecule has 0 unspecified atom stereocenters. The van der Waals surface area contributed by atoms with Crippen LogP contribution in [0, 0.1) is 0 Å². The van der Waals surface area contributed by atoms with Gasteiger partial charge in [-0.1, -0.05) is 12.1 Å². The largest absolute Gasteiger partial charge is 0.421 e. The molecule has 166 valence electrons. The highest BCUT2D eigenvalue weighted by Gasteiger charge is 2.51. The Labute approximate surface area is 180 Å². The summed E-state index contributed by atoms with van der Waals surface area (Å²) < 4.78 is 39.3. The van der Waals surface area contributed by atoms with Crippen molar-refractivity contribution in [3.05, 3.63) is 65.5 Å². The number of halogens is 3. The number of pyridine rings is 1. The molecule has 31 heavy (non-hydrogen) atoms. The number of carbonyl (C=O) groups excluding carboxylic acids is 1. The molecule has 7 heteroatoms. The standard InChI is InChI=1S/C24H27F3N2O2/c1-23(31,24(25,26)27)19-6-2-18(3-7-19)22(30)29(21-10-11-21)20-8-4-16(5-9-20)17-12-14-28-15-13-17/h2-3,6-7,12-16,20-21,31H,4-5,8-11H2,1H3/t16-,20+,23-/m0/s1. The van der Waals surface area contributed by atoms with E-state index in [0.717, 1.165) is 45.4 Å². The Balaban J connectivity index is 1.46. The first-order valence-electron chi connectivity index (χ1n) is 10.8. The van der Waals surface area contributed by atoms with E-state index in [1.54, 1.807) is 12.4 Å². The van der Waals surface area contributed by atoms with Crippen molar-refractivity contribution in [1.82, 2.24) is 9.88 Å². The highest BCUT2D eigenvalue weighted by atomic mass is 19.4. The fourth-order valence-electron chi connectivity index (χ4n) is 4.56. The molecular formula is C24H27F3N2O2. The van der Waals surface area contributed by atoms with Crippen LogP contribution in [0.15, 0.2) is 48.8 Å². The summed E-state index contributed by atoms with van der Waals surface area (Å²) >= 11 is 0. The van der Waals surface area contributed by atoms with Crippen molar-refractivity contribution in [2.24, 2.45) is 0 Å². The van der Waals surface area contributed by atoms with Crippen LogP contribution in [0.4, 0.5) is 13.2 Å². The Morgan fingerprint density at radius 3 is 1.94 bits per heavy atom. The van der Waals surface area contributed by atoms with E-state index in [-0.39, 0.29) is 23.6 Å². The van der Waals surface area contributed by atoms with Crippen LogP contribution in [0.25, 0.3) is 0 Å². The van der Waals surface area contributed by atoms with E-state index in [1.807, 2.05) is 17.0 Å². The summed E-state index contributed by atoms with van der Waals surface area (Å²) in [6.07, 6.45) is 4.59. The predicted octanol–water partition coefficient (Wildman–Crippen LogP) is 5.18. The first-order chi connectivity index (χ1) is 14.7. The lowest BCUT2D eigenvalue weighted by Gasteiger charge is -2.37. The van der Waals surface area contributed by atoms with Gasteiger partial charge in [-0.2, -0.15) is 13.2 Å². The van der Waals surface area contributed by atoms with Gasteiger partial charge in [0.2, 0.25) is 0 Å². The maximum absolute atomic E-state index is 13.3. The fourth-order valence-corrected chi connectivity index (χ4v) is 4.56. The van der Waals surface area contributed by atoms with Crippen molar-refractivity contribution < 1.29 is 23.1 Å². The molecule has 1 aromatic carbocycles. The van der Waals surface area contributed by atoms with Gasteiger partial charge >= 0.3 is 6.18 Å². The third-order valence-electron chi connectivity index (χ3n) is 6.69. The smallest absolute Gasteiger partial charge is 0.376 e.